The van der Waals surface area contributed by atoms with Gasteiger partial charge >= 0.3 is 7.05 Å². The van der Waals surface area contributed by atoms with E-state index in [1.807, 2.05) is 0 Å². The molecule has 1 fully saturated rings. The molecular formula is C6H11B2NO2. The molecule has 11 heavy (non-hydrogen) atoms. The minimum atomic E-state index is -0.492. The van der Waals surface area contributed by atoms with Crippen LogP contribution < -0.4 is 0 Å². The fourth-order valence-corrected chi connectivity index (χ4v) is 1.22. The molecule has 1 aliphatic heterocycles. The molecule has 1 heterocycles. The topological polar surface area (TPSA) is 40.5 Å². The third kappa shape index (κ3) is 2.07. The number of piperidine rings is 1. The van der Waals surface area contributed by atoms with Gasteiger partial charge in [-0.1, -0.05) is 0 Å². The summed E-state index contributed by atoms with van der Waals surface area (Å²) in [6.45, 7) is 2.79. The lowest BCUT2D eigenvalue weighted by atomic mass is 9.74. The molecule has 1 unspecified atom stereocenters. The number of ketones is 1. The van der Waals surface area contributed by atoms with Crippen LogP contribution in [0.15, 0.2) is 0 Å². The van der Waals surface area contributed by atoms with E-state index in [1.54, 1.807) is 11.6 Å². The molecule has 0 aromatic heterocycles. The third-order valence-electron chi connectivity index (χ3n) is 2.02. The normalized spacial score (nSPS) is 27.1. The van der Waals surface area contributed by atoms with E-state index in [2.05, 4.69) is 0 Å². The van der Waals surface area contributed by atoms with Crippen molar-refractivity contribution in [3.05, 3.63) is 0 Å². The van der Waals surface area contributed by atoms with Crippen LogP contribution in [0.4, 0.5) is 0 Å². The highest BCUT2D eigenvalue weighted by Gasteiger charge is 2.26. The zero-order valence-electron chi connectivity index (χ0n) is 6.66. The summed E-state index contributed by atoms with van der Waals surface area (Å²) in [6, 6.07) is 0. The van der Waals surface area contributed by atoms with Crippen LogP contribution >= 0.6 is 0 Å². The predicted octanol–water partition coefficient (Wildman–Crippen LogP) is -0.672. The van der Waals surface area contributed by atoms with Crippen LogP contribution in [0, 0.1) is 0 Å². The Morgan fingerprint density at radius 3 is 2.91 bits per heavy atom. The number of rotatable bonds is 1. The first-order valence-electron chi connectivity index (χ1n) is 3.81. The smallest absolute Gasteiger partial charge is 0.376 e. The molecule has 1 aliphatic rings. The summed E-state index contributed by atoms with van der Waals surface area (Å²) in [5.41, 5.74) is 0. The maximum atomic E-state index is 10.9. The number of carbonyl (C=O) groups excluding carboxylic acids is 1. The van der Waals surface area contributed by atoms with Crippen molar-refractivity contribution in [2.45, 2.75) is 19.1 Å². The molecule has 0 aromatic carbocycles. The summed E-state index contributed by atoms with van der Waals surface area (Å²) in [6.07, 6.45) is 0.464. The monoisotopic (exact) mass is 151 g/mol. The Bertz CT molecular complexity index is 163. The first-order chi connectivity index (χ1) is 5.11. The van der Waals surface area contributed by atoms with E-state index in [9.17, 15) is 4.79 Å². The van der Waals surface area contributed by atoms with Gasteiger partial charge in [0, 0.05) is 6.42 Å². The molecule has 0 aromatic rings. The summed E-state index contributed by atoms with van der Waals surface area (Å²) in [4.78, 5) is 12.7. The summed E-state index contributed by atoms with van der Waals surface area (Å²) in [7, 11) is 5.01. The van der Waals surface area contributed by atoms with Gasteiger partial charge in [-0.25, -0.2) is 0 Å². The fourth-order valence-electron chi connectivity index (χ4n) is 1.22. The van der Waals surface area contributed by atoms with Crippen molar-refractivity contribution < 1.29 is 9.82 Å². The number of nitrogens with zero attached hydrogens (tertiary/aromatic N) is 1. The van der Waals surface area contributed by atoms with Crippen LogP contribution in [0.5, 0.6) is 0 Å². The van der Waals surface area contributed by atoms with E-state index in [0.29, 0.717) is 19.5 Å². The Morgan fingerprint density at radius 2 is 2.45 bits per heavy atom. The standard InChI is InChI=1S/C6H11B2NO2/c1-8(11)9-3-2-6(10)5(7)4-9/h5,11H,2-4H2,1H3. The Kier molecular flexibility index (Phi) is 2.73. The molecule has 1 rings (SSSR count). The van der Waals surface area contributed by atoms with Gasteiger partial charge in [-0.2, -0.15) is 0 Å². The Labute approximate surface area is 68.3 Å². The van der Waals surface area contributed by atoms with E-state index in [4.69, 9.17) is 12.9 Å². The largest absolute Gasteiger partial charge is 0.437 e. The SMILES string of the molecule is [B]C1CN(B(C)O)CCC1=O. The summed E-state index contributed by atoms with van der Waals surface area (Å²) >= 11 is 0. The maximum absolute atomic E-state index is 10.9. The van der Waals surface area contributed by atoms with Crippen LogP contribution in [0.1, 0.15) is 6.42 Å². The van der Waals surface area contributed by atoms with Gasteiger partial charge < -0.3 is 14.6 Å². The van der Waals surface area contributed by atoms with Gasteiger partial charge in [0.05, 0.1) is 7.85 Å². The zero-order valence-corrected chi connectivity index (χ0v) is 6.66. The summed E-state index contributed by atoms with van der Waals surface area (Å²) < 4.78 is 0. The molecule has 2 radical (unpaired) electrons. The predicted molar refractivity (Wildman–Crippen MR) is 44.5 cm³/mol. The van der Waals surface area contributed by atoms with Crippen LogP contribution in [0.3, 0.4) is 0 Å². The third-order valence-corrected chi connectivity index (χ3v) is 2.02. The van der Waals surface area contributed by atoms with Crippen molar-refractivity contribution in [2.75, 3.05) is 13.1 Å². The van der Waals surface area contributed by atoms with Gasteiger partial charge in [-0.3, -0.25) is 0 Å². The fraction of sp³-hybridized carbons (Fsp3) is 0.833. The van der Waals surface area contributed by atoms with Crippen molar-refractivity contribution in [1.29, 1.82) is 0 Å². The average molecular weight is 151 g/mol. The molecule has 0 amide bonds. The van der Waals surface area contributed by atoms with E-state index < -0.39 is 12.9 Å². The van der Waals surface area contributed by atoms with Gasteiger partial charge in [0.25, 0.3) is 0 Å². The van der Waals surface area contributed by atoms with Gasteiger partial charge in [-0.15, -0.1) is 0 Å². The van der Waals surface area contributed by atoms with Gasteiger partial charge in [0.2, 0.25) is 0 Å². The van der Waals surface area contributed by atoms with Crippen LogP contribution in [-0.2, 0) is 4.79 Å². The lowest BCUT2D eigenvalue weighted by Gasteiger charge is -2.30. The number of Topliss-reactive ketones (excluding diaryl/α,β-unsaturated/α-hetero) is 1. The molecule has 58 valence electrons. The van der Waals surface area contributed by atoms with Gasteiger partial charge in [0.1, 0.15) is 5.78 Å². The summed E-state index contributed by atoms with van der Waals surface area (Å²) in [5, 5.41) is 9.14. The lowest BCUT2D eigenvalue weighted by Crippen LogP contribution is -2.45. The molecule has 0 saturated carbocycles. The molecule has 1 N–H and O–H groups in total. The van der Waals surface area contributed by atoms with Crippen molar-refractivity contribution >= 4 is 20.7 Å². The highest BCUT2D eigenvalue weighted by molar-refractivity contribution is 6.45. The highest BCUT2D eigenvalue weighted by atomic mass is 16.2. The highest BCUT2D eigenvalue weighted by Crippen LogP contribution is 2.14. The zero-order chi connectivity index (χ0) is 8.43. The molecule has 5 heteroatoms. The maximum Gasteiger partial charge on any atom is 0.376 e. The van der Waals surface area contributed by atoms with Crippen molar-refractivity contribution in [2.24, 2.45) is 0 Å². The first-order valence-corrected chi connectivity index (χ1v) is 3.81. The average Bonchev–Trinajstić information content (AvgIpc) is 1.94. The quantitative estimate of drug-likeness (QED) is 0.505. The van der Waals surface area contributed by atoms with Gasteiger partial charge in [-0.05, 0) is 25.7 Å². The Balaban J connectivity index is 2.46. The van der Waals surface area contributed by atoms with E-state index in [-0.39, 0.29) is 5.78 Å². The Hall–Kier alpha value is -0.280. The minimum absolute atomic E-state index is 0.0990. The number of hydrogen-bond donors (Lipinski definition) is 1. The summed E-state index contributed by atoms with van der Waals surface area (Å²) in [5.74, 6) is -0.305. The van der Waals surface area contributed by atoms with Crippen molar-refractivity contribution in [1.82, 2.24) is 4.81 Å². The molecule has 3 nitrogen and oxygen atoms in total. The van der Waals surface area contributed by atoms with Crippen molar-refractivity contribution in [3.63, 3.8) is 0 Å². The second kappa shape index (κ2) is 3.41. The number of carbonyl (C=O) groups is 1. The second-order valence-electron chi connectivity index (χ2n) is 2.95. The molecule has 0 bridgehead atoms. The second-order valence-corrected chi connectivity index (χ2v) is 2.95. The Morgan fingerprint density at radius 1 is 1.82 bits per heavy atom. The molecular weight excluding hydrogens is 140 g/mol. The lowest BCUT2D eigenvalue weighted by molar-refractivity contribution is -0.120. The first kappa shape index (κ1) is 8.81. The number of hydrogen-bond acceptors (Lipinski definition) is 3. The molecule has 0 aliphatic carbocycles. The molecule has 0 spiro atoms. The molecule has 1 atom stereocenters. The van der Waals surface area contributed by atoms with Crippen molar-refractivity contribution in [3.8, 4) is 0 Å². The van der Waals surface area contributed by atoms with E-state index in [0.717, 1.165) is 0 Å². The minimum Gasteiger partial charge on any atom is -0.437 e. The van der Waals surface area contributed by atoms with Gasteiger partial charge in [0.15, 0.2) is 0 Å². The molecule has 1 saturated heterocycles. The van der Waals surface area contributed by atoms with Crippen LogP contribution in [0.2, 0.25) is 12.6 Å². The van der Waals surface area contributed by atoms with Crippen LogP contribution in [0.25, 0.3) is 0 Å². The van der Waals surface area contributed by atoms with E-state index >= 15 is 0 Å². The van der Waals surface area contributed by atoms with E-state index in [1.165, 1.54) is 0 Å². The van der Waals surface area contributed by atoms with Crippen LogP contribution in [-0.4, -0.2) is 43.6 Å².